The van der Waals surface area contributed by atoms with Crippen LogP contribution in [0.2, 0.25) is 0 Å². The lowest BCUT2D eigenvalue weighted by molar-refractivity contribution is 0.0602. The van der Waals surface area contributed by atoms with Gasteiger partial charge in [0, 0.05) is 13.7 Å². The van der Waals surface area contributed by atoms with Gasteiger partial charge in [-0.3, -0.25) is 0 Å². The lowest BCUT2D eigenvalue weighted by Crippen LogP contribution is -2.38. The number of carbonyl (C=O) groups is 1. The summed E-state index contributed by atoms with van der Waals surface area (Å²) in [7, 11) is -0.974. The molecule has 1 fully saturated rings. The molecule has 6 nitrogen and oxygen atoms in total. The summed E-state index contributed by atoms with van der Waals surface area (Å²) < 4.78 is 36.6. The van der Waals surface area contributed by atoms with Crippen LogP contribution in [-0.4, -0.2) is 52.1 Å². The maximum Gasteiger partial charge on any atom is 0.349 e. The molecule has 1 aliphatic heterocycles. The zero-order valence-electron chi connectivity index (χ0n) is 11.6. The van der Waals surface area contributed by atoms with Crippen molar-refractivity contribution in [3.05, 3.63) is 15.8 Å². The standard InChI is InChI=1S/C12H17NO5S2/c1-8-7-19-10(12(14)17-3)11(8)20(15,16)13(2)9-4-5-18-6-9/h7,9H,4-6H2,1-3H3. The number of methoxy groups -OCH3 is 1. The summed E-state index contributed by atoms with van der Waals surface area (Å²) in [4.78, 5) is 11.9. The van der Waals surface area contributed by atoms with Gasteiger partial charge in [-0.05, 0) is 24.3 Å². The molecule has 1 aromatic rings. The summed E-state index contributed by atoms with van der Waals surface area (Å²) in [5, 5.41) is 1.65. The van der Waals surface area contributed by atoms with Gasteiger partial charge in [0.1, 0.15) is 9.77 Å². The van der Waals surface area contributed by atoms with Crippen LogP contribution in [0.4, 0.5) is 0 Å². The molecule has 2 rings (SSSR count). The number of nitrogens with zero attached hydrogens (tertiary/aromatic N) is 1. The molecule has 20 heavy (non-hydrogen) atoms. The van der Waals surface area contributed by atoms with Crippen LogP contribution in [0.1, 0.15) is 21.7 Å². The van der Waals surface area contributed by atoms with Crippen molar-refractivity contribution >= 4 is 27.3 Å². The van der Waals surface area contributed by atoms with Crippen LogP contribution < -0.4 is 0 Å². The van der Waals surface area contributed by atoms with E-state index in [1.54, 1.807) is 12.3 Å². The number of sulfonamides is 1. The Kier molecular flexibility index (Phi) is 4.48. The minimum Gasteiger partial charge on any atom is -0.465 e. The van der Waals surface area contributed by atoms with Crippen molar-refractivity contribution < 1.29 is 22.7 Å². The van der Waals surface area contributed by atoms with Gasteiger partial charge in [0.25, 0.3) is 0 Å². The number of esters is 1. The molecule has 1 aliphatic rings. The number of likely N-dealkylation sites (N-methyl/N-ethyl adjacent to an activating group) is 1. The predicted molar refractivity (Wildman–Crippen MR) is 74.6 cm³/mol. The lowest BCUT2D eigenvalue weighted by atomic mass is 10.3. The number of rotatable bonds is 4. The zero-order valence-corrected chi connectivity index (χ0v) is 13.2. The largest absolute Gasteiger partial charge is 0.465 e. The number of aryl methyl sites for hydroxylation is 1. The van der Waals surface area contributed by atoms with Gasteiger partial charge in [0.05, 0.1) is 19.8 Å². The van der Waals surface area contributed by atoms with Gasteiger partial charge < -0.3 is 9.47 Å². The van der Waals surface area contributed by atoms with Crippen LogP contribution in [0, 0.1) is 6.92 Å². The first-order chi connectivity index (χ1) is 9.39. The quantitative estimate of drug-likeness (QED) is 0.781. The van der Waals surface area contributed by atoms with Gasteiger partial charge in [-0.15, -0.1) is 11.3 Å². The van der Waals surface area contributed by atoms with Crippen LogP contribution >= 0.6 is 11.3 Å². The first-order valence-electron chi connectivity index (χ1n) is 6.11. The van der Waals surface area contributed by atoms with E-state index >= 15 is 0 Å². The number of hydrogen-bond donors (Lipinski definition) is 0. The summed E-state index contributed by atoms with van der Waals surface area (Å²) in [5.74, 6) is -0.627. The van der Waals surface area contributed by atoms with Crippen molar-refractivity contribution in [3.8, 4) is 0 Å². The van der Waals surface area contributed by atoms with Crippen LogP contribution in [0.5, 0.6) is 0 Å². The molecule has 112 valence electrons. The van der Waals surface area contributed by atoms with E-state index in [1.165, 1.54) is 18.5 Å². The average molecular weight is 319 g/mol. The monoisotopic (exact) mass is 319 g/mol. The van der Waals surface area contributed by atoms with E-state index in [4.69, 9.17) is 4.74 Å². The number of ether oxygens (including phenoxy) is 2. The molecule has 0 saturated carbocycles. The van der Waals surface area contributed by atoms with Crippen molar-refractivity contribution in [1.29, 1.82) is 0 Å². The number of thiophene rings is 1. The Balaban J connectivity index is 2.43. The van der Waals surface area contributed by atoms with Crippen molar-refractivity contribution in [1.82, 2.24) is 4.31 Å². The molecule has 1 atom stereocenters. The summed E-state index contributed by atoms with van der Waals surface area (Å²) >= 11 is 1.08. The van der Waals surface area contributed by atoms with E-state index in [0.717, 1.165) is 11.3 Å². The summed E-state index contributed by atoms with van der Waals surface area (Å²) in [6.45, 7) is 2.61. The molecule has 0 spiro atoms. The summed E-state index contributed by atoms with van der Waals surface area (Å²) in [6.07, 6.45) is 0.659. The smallest absolute Gasteiger partial charge is 0.349 e. The zero-order chi connectivity index (χ0) is 14.9. The third kappa shape index (κ3) is 2.60. The second kappa shape index (κ2) is 5.80. The SMILES string of the molecule is COC(=O)c1scc(C)c1S(=O)(=O)N(C)C1CCOC1. The maximum atomic E-state index is 12.7. The highest BCUT2D eigenvalue weighted by molar-refractivity contribution is 7.89. The van der Waals surface area contributed by atoms with Crippen molar-refractivity contribution in [2.45, 2.75) is 24.3 Å². The van der Waals surface area contributed by atoms with Crippen molar-refractivity contribution in [3.63, 3.8) is 0 Å². The van der Waals surface area contributed by atoms with Crippen molar-refractivity contribution in [2.75, 3.05) is 27.4 Å². The second-order valence-corrected chi connectivity index (χ2v) is 7.42. The number of carbonyl (C=O) groups excluding carboxylic acids is 1. The molecule has 0 N–H and O–H groups in total. The normalized spacial score (nSPS) is 19.5. The molecule has 0 aromatic carbocycles. The summed E-state index contributed by atoms with van der Waals surface area (Å²) in [6, 6.07) is -0.190. The molecule has 0 bridgehead atoms. The molecule has 0 amide bonds. The Morgan fingerprint density at radius 1 is 1.55 bits per heavy atom. The van der Waals surface area contributed by atoms with E-state index in [0.29, 0.717) is 25.2 Å². The first kappa shape index (κ1) is 15.4. The molecule has 8 heteroatoms. The van der Waals surface area contributed by atoms with E-state index in [1.807, 2.05) is 0 Å². The predicted octanol–water partition coefficient (Wildman–Crippen LogP) is 1.25. The maximum absolute atomic E-state index is 12.7. The van der Waals surface area contributed by atoms with Crippen LogP contribution in [0.3, 0.4) is 0 Å². The minimum atomic E-state index is -3.73. The van der Waals surface area contributed by atoms with E-state index in [2.05, 4.69) is 4.74 Å². The fourth-order valence-corrected chi connectivity index (χ4v) is 5.16. The van der Waals surface area contributed by atoms with Crippen LogP contribution in [0.25, 0.3) is 0 Å². The topological polar surface area (TPSA) is 72.9 Å². The van der Waals surface area contributed by atoms with Gasteiger partial charge in [-0.25, -0.2) is 13.2 Å². The highest BCUT2D eigenvalue weighted by Crippen LogP contribution is 2.31. The van der Waals surface area contributed by atoms with Gasteiger partial charge >= 0.3 is 5.97 Å². The average Bonchev–Trinajstić information content (AvgIpc) is 3.05. The van der Waals surface area contributed by atoms with E-state index in [-0.39, 0.29) is 15.8 Å². The second-order valence-electron chi connectivity index (χ2n) is 4.61. The molecule has 2 heterocycles. The van der Waals surface area contributed by atoms with E-state index < -0.39 is 16.0 Å². The molecule has 0 aliphatic carbocycles. The van der Waals surface area contributed by atoms with Gasteiger partial charge in [-0.1, -0.05) is 0 Å². The molecular formula is C12H17NO5S2. The highest BCUT2D eigenvalue weighted by Gasteiger charge is 2.35. The molecule has 1 saturated heterocycles. The fourth-order valence-electron chi connectivity index (χ4n) is 2.14. The first-order valence-corrected chi connectivity index (χ1v) is 8.43. The van der Waals surface area contributed by atoms with Crippen molar-refractivity contribution in [2.24, 2.45) is 0 Å². The molecule has 1 unspecified atom stereocenters. The highest BCUT2D eigenvalue weighted by atomic mass is 32.2. The minimum absolute atomic E-state index is 0.0451. The number of hydrogen-bond acceptors (Lipinski definition) is 6. The molecular weight excluding hydrogens is 302 g/mol. The Bertz CT molecular complexity index is 601. The van der Waals surface area contributed by atoms with Crippen LogP contribution in [0.15, 0.2) is 10.3 Å². The van der Waals surface area contributed by atoms with Gasteiger partial charge in [-0.2, -0.15) is 4.31 Å². The Labute approximate surface area is 122 Å². The Morgan fingerprint density at radius 3 is 2.80 bits per heavy atom. The van der Waals surface area contributed by atoms with Gasteiger partial charge in [0.15, 0.2) is 0 Å². The Hall–Kier alpha value is -0.960. The summed E-state index contributed by atoms with van der Waals surface area (Å²) in [5.41, 5.74) is 0.557. The Morgan fingerprint density at radius 2 is 2.25 bits per heavy atom. The lowest BCUT2D eigenvalue weighted by Gasteiger charge is -2.23. The van der Waals surface area contributed by atoms with Crippen LogP contribution in [-0.2, 0) is 19.5 Å². The molecule has 1 aromatic heterocycles. The fraction of sp³-hybridized carbons (Fsp3) is 0.583. The van der Waals surface area contributed by atoms with Gasteiger partial charge in [0.2, 0.25) is 10.0 Å². The third-order valence-electron chi connectivity index (χ3n) is 3.35. The van der Waals surface area contributed by atoms with E-state index in [9.17, 15) is 13.2 Å². The third-order valence-corrected chi connectivity index (χ3v) is 6.65. The molecule has 0 radical (unpaired) electrons.